The van der Waals surface area contributed by atoms with E-state index in [0.717, 1.165) is 135 Å². The lowest BCUT2D eigenvalue weighted by atomic mass is 10.0. The van der Waals surface area contributed by atoms with Crippen LogP contribution in [0.1, 0.15) is 316 Å². The minimum Gasteiger partial charge on any atom is -0.463 e. The van der Waals surface area contributed by atoms with Crippen molar-refractivity contribution in [1.29, 1.82) is 0 Å². The fraction of sp³-hybridized carbons (Fsp3) is 0.773. The van der Waals surface area contributed by atoms with E-state index in [0.29, 0.717) is 19.3 Å². The number of phosphoric acid groups is 2. The van der Waals surface area contributed by atoms with E-state index >= 15 is 0 Å². The summed E-state index contributed by atoms with van der Waals surface area (Å²) in [6, 6.07) is 0. The van der Waals surface area contributed by atoms with Crippen LogP contribution in [0.2, 0.25) is 0 Å². The molecule has 0 aromatic heterocycles. The second-order valence-electron chi connectivity index (χ2n) is 24.7. The normalized spacial score (nSPS) is 14.6. The third kappa shape index (κ3) is 69.9. The molecule has 0 heterocycles. The first kappa shape index (κ1) is 89.7. The van der Waals surface area contributed by atoms with Crippen LogP contribution in [0, 0.1) is 0 Å². The largest absolute Gasteiger partial charge is 0.472 e. The number of aliphatic hydroxyl groups is 2. The highest BCUT2D eigenvalue weighted by Gasteiger charge is 2.29. The van der Waals surface area contributed by atoms with Gasteiger partial charge < -0.3 is 34.2 Å². The summed E-state index contributed by atoms with van der Waals surface area (Å²) in [4.78, 5) is 58.4. The number of rotatable bonds is 70. The van der Waals surface area contributed by atoms with Crippen LogP contribution in [0.25, 0.3) is 0 Å². The molecule has 4 N–H and O–H groups in total. The molecule has 0 aliphatic rings. The number of esters is 3. The molecule has 0 aromatic rings. The summed E-state index contributed by atoms with van der Waals surface area (Å²) >= 11 is 0. The maximum atomic E-state index is 12.9. The summed E-state index contributed by atoms with van der Waals surface area (Å²) < 4.78 is 60.9. The van der Waals surface area contributed by atoms with Crippen molar-refractivity contribution in [3.05, 3.63) is 85.1 Å². The lowest BCUT2D eigenvalue weighted by Crippen LogP contribution is -2.30. The number of allylic oxidation sites excluding steroid dienone is 14. The highest BCUT2D eigenvalue weighted by molar-refractivity contribution is 7.47. The molecule has 0 amide bonds. The SMILES string of the molecule is CC/C=C\C/C=C\C/C=C\C/C=C\C/C=C\C/C=C\CCCCCCCCCCCCC(=O)OCC(O)COP(=O)(O)OCC(O)COP(=O)(O)OCC(COC(=O)CCCCCCC/C=C\CCCCCCCC)OC(=O)CCCCCCCCCCCCCCC. The van der Waals surface area contributed by atoms with Gasteiger partial charge in [0.2, 0.25) is 0 Å². The lowest BCUT2D eigenvalue weighted by molar-refractivity contribution is -0.161. The number of carbonyl (C=O) groups excluding carboxylic acids is 3. The summed E-state index contributed by atoms with van der Waals surface area (Å²) in [5.74, 6) is -1.57. The molecule has 5 unspecified atom stereocenters. The second-order valence-corrected chi connectivity index (χ2v) is 27.6. The van der Waals surface area contributed by atoms with Gasteiger partial charge in [0.15, 0.2) is 6.10 Å². The predicted octanol–water partition coefficient (Wildman–Crippen LogP) is 20.9. The molecule has 0 bridgehead atoms. The van der Waals surface area contributed by atoms with Crippen LogP contribution in [-0.2, 0) is 55.8 Å². The van der Waals surface area contributed by atoms with E-state index in [9.17, 15) is 43.5 Å². The van der Waals surface area contributed by atoms with Crippen molar-refractivity contribution < 1.29 is 75.8 Å². The third-order valence-corrected chi connectivity index (χ3v) is 17.5. The first-order chi connectivity index (χ1) is 45.2. The smallest absolute Gasteiger partial charge is 0.463 e. The number of carbonyl (C=O) groups is 3. The fourth-order valence-corrected chi connectivity index (χ4v) is 11.6. The van der Waals surface area contributed by atoms with Crippen LogP contribution in [-0.4, -0.2) is 95.9 Å². The molecule has 0 saturated heterocycles. The van der Waals surface area contributed by atoms with Gasteiger partial charge in [-0.05, 0) is 96.3 Å². The first-order valence-electron chi connectivity index (χ1n) is 36.9. The summed E-state index contributed by atoms with van der Waals surface area (Å²) in [7, 11) is -9.77. The van der Waals surface area contributed by atoms with Gasteiger partial charge in [-0.3, -0.25) is 32.5 Å². The zero-order chi connectivity index (χ0) is 68.1. The third-order valence-electron chi connectivity index (χ3n) is 15.6. The van der Waals surface area contributed by atoms with Crippen molar-refractivity contribution in [1.82, 2.24) is 0 Å². The lowest BCUT2D eigenvalue weighted by Gasteiger charge is -2.21. The highest BCUT2D eigenvalue weighted by Crippen LogP contribution is 2.45. The Morgan fingerprint density at radius 2 is 0.570 bits per heavy atom. The zero-order valence-corrected chi connectivity index (χ0v) is 60.5. The van der Waals surface area contributed by atoms with Crippen molar-refractivity contribution in [2.24, 2.45) is 0 Å². The summed E-state index contributed by atoms with van der Waals surface area (Å²) in [6.45, 7) is 2.57. The number of phosphoric ester groups is 2. The fourth-order valence-electron chi connectivity index (χ4n) is 9.98. The molecule has 540 valence electrons. The Labute approximate surface area is 565 Å². The Balaban J connectivity index is 4.45. The van der Waals surface area contributed by atoms with Gasteiger partial charge in [0.05, 0.1) is 26.4 Å². The molecule has 0 saturated carbocycles. The molecule has 16 nitrogen and oxygen atoms in total. The molecule has 93 heavy (non-hydrogen) atoms. The molecule has 0 aliphatic carbocycles. The van der Waals surface area contributed by atoms with Crippen molar-refractivity contribution >= 4 is 33.6 Å². The molecule has 0 rings (SSSR count). The van der Waals surface area contributed by atoms with Gasteiger partial charge in [0, 0.05) is 19.3 Å². The minimum atomic E-state index is -4.92. The topological polar surface area (TPSA) is 231 Å². The Bertz CT molecular complexity index is 2040. The molecule has 0 aliphatic heterocycles. The average Bonchev–Trinajstić information content (AvgIpc) is 2.91. The Morgan fingerprint density at radius 3 is 0.914 bits per heavy atom. The van der Waals surface area contributed by atoms with Gasteiger partial charge in [-0.1, -0.05) is 286 Å². The summed E-state index contributed by atoms with van der Waals surface area (Å²) in [5, 5.41) is 20.6. The van der Waals surface area contributed by atoms with Crippen LogP contribution in [0.15, 0.2) is 85.1 Å². The van der Waals surface area contributed by atoms with Crippen LogP contribution in [0.4, 0.5) is 0 Å². The van der Waals surface area contributed by atoms with Gasteiger partial charge in [0.1, 0.15) is 25.4 Å². The van der Waals surface area contributed by atoms with E-state index in [1.54, 1.807) is 0 Å². The molecule has 0 fully saturated rings. The Morgan fingerprint density at radius 1 is 0.312 bits per heavy atom. The van der Waals surface area contributed by atoms with E-state index in [1.807, 2.05) is 0 Å². The number of hydrogen-bond acceptors (Lipinski definition) is 14. The first-order valence-corrected chi connectivity index (χ1v) is 39.9. The Hall–Kier alpha value is -3.27. The van der Waals surface area contributed by atoms with E-state index < -0.39 is 91.5 Å². The molecule has 0 aromatic carbocycles. The maximum Gasteiger partial charge on any atom is 0.472 e. The van der Waals surface area contributed by atoms with Crippen LogP contribution in [0.5, 0.6) is 0 Å². The average molecular weight is 1350 g/mol. The number of aliphatic hydroxyl groups excluding tert-OH is 2. The Kier molecular flexibility index (Phi) is 66.2. The van der Waals surface area contributed by atoms with Crippen molar-refractivity contribution in [3.8, 4) is 0 Å². The molecule has 0 spiro atoms. The molecular weight excluding hydrogens is 1220 g/mol. The maximum absolute atomic E-state index is 12.9. The molecular formula is C75H134O16P2. The standard InChI is InChI=1S/C75H134O16P2/c1-4-7-10-13-16-19-22-25-27-28-29-30-31-32-33-34-35-36-37-38-39-40-42-45-46-49-52-55-58-61-73(78)85-64-70(76)65-87-92(81,82)88-66-71(77)67-89-93(83,84)90-69-72(91-75(80)63-60-57-54-51-48-43-24-21-18-15-12-9-6-3)68-86-74(79)62-59-56-53-50-47-44-41-26-23-20-17-14-11-8-5-2/h7,10,16,19,25-27,29-30,32-33,35-36,41,70-72,76-77H,4-6,8-9,11-15,17-18,20-24,28,31,34,37-40,42-69H2,1-3H3,(H,81,82)(H,83,84)/b10-7-,19-16-,27-25-,30-29-,33-32-,36-35-,41-26-. The van der Waals surface area contributed by atoms with Crippen molar-refractivity contribution in [2.45, 2.75) is 334 Å². The second kappa shape index (κ2) is 68.7. The van der Waals surface area contributed by atoms with Crippen molar-refractivity contribution in [3.63, 3.8) is 0 Å². The number of hydrogen-bond donors (Lipinski definition) is 4. The molecule has 18 heteroatoms. The predicted molar refractivity (Wildman–Crippen MR) is 381 cm³/mol. The number of unbranched alkanes of at least 4 members (excludes halogenated alkanes) is 33. The molecule has 5 atom stereocenters. The summed E-state index contributed by atoms with van der Waals surface area (Å²) in [5.41, 5.74) is 0. The van der Waals surface area contributed by atoms with E-state index in [-0.39, 0.29) is 19.3 Å². The van der Waals surface area contributed by atoms with Gasteiger partial charge in [-0.25, -0.2) is 9.13 Å². The van der Waals surface area contributed by atoms with Crippen LogP contribution in [0.3, 0.4) is 0 Å². The summed E-state index contributed by atoms with van der Waals surface area (Å²) in [6.07, 6.45) is 74.9. The monoisotopic (exact) mass is 1350 g/mol. The van der Waals surface area contributed by atoms with Crippen molar-refractivity contribution in [2.75, 3.05) is 39.6 Å². The van der Waals surface area contributed by atoms with Gasteiger partial charge in [0.25, 0.3) is 0 Å². The van der Waals surface area contributed by atoms with E-state index in [2.05, 4.69) is 106 Å². The quantitative estimate of drug-likeness (QED) is 0.0146. The van der Waals surface area contributed by atoms with Crippen LogP contribution >= 0.6 is 15.6 Å². The van der Waals surface area contributed by atoms with Crippen LogP contribution < -0.4 is 0 Å². The minimum absolute atomic E-state index is 0.108. The molecule has 0 radical (unpaired) electrons. The van der Waals surface area contributed by atoms with E-state index in [1.165, 1.54) is 122 Å². The van der Waals surface area contributed by atoms with E-state index in [4.69, 9.17) is 32.3 Å². The van der Waals surface area contributed by atoms with Gasteiger partial charge in [-0.15, -0.1) is 0 Å². The van der Waals surface area contributed by atoms with Gasteiger partial charge in [-0.2, -0.15) is 0 Å². The highest BCUT2D eigenvalue weighted by atomic mass is 31.2. The van der Waals surface area contributed by atoms with Gasteiger partial charge >= 0.3 is 33.6 Å². The zero-order valence-electron chi connectivity index (χ0n) is 58.7. The number of ether oxygens (including phenoxy) is 3.